The molecular weight excluding hydrogens is 222 g/mol. The lowest BCUT2D eigenvalue weighted by Gasteiger charge is -2.18. The van der Waals surface area contributed by atoms with Gasteiger partial charge in [0.15, 0.2) is 0 Å². The zero-order valence-electron chi connectivity index (χ0n) is 10.2. The van der Waals surface area contributed by atoms with E-state index < -0.39 is 6.10 Å². The second-order valence-electron chi connectivity index (χ2n) is 4.12. The third kappa shape index (κ3) is 2.99. The summed E-state index contributed by atoms with van der Waals surface area (Å²) in [5, 5.41) is 10.2. The maximum Gasteiger partial charge on any atom is 0.0966 e. The Kier molecular flexibility index (Phi) is 4.15. The maximum atomic E-state index is 10.2. The zero-order chi connectivity index (χ0) is 12.8. The summed E-state index contributed by atoms with van der Waals surface area (Å²) in [6.45, 7) is 3.78. The van der Waals surface area contributed by atoms with E-state index in [4.69, 9.17) is 0 Å². The van der Waals surface area contributed by atoms with Crippen LogP contribution in [0, 0.1) is 0 Å². The minimum Gasteiger partial charge on any atom is -0.387 e. The first-order chi connectivity index (χ1) is 8.81. The molecule has 0 spiro atoms. The van der Waals surface area contributed by atoms with Crippen molar-refractivity contribution < 1.29 is 5.11 Å². The molecule has 18 heavy (non-hydrogen) atoms. The van der Waals surface area contributed by atoms with Gasteiger partial charge in [-0.1, -0.05) is 48.6 Å². The molecule has 2 aromatic rings. The molecule has 0 saturated carbocycles. The van der Waals surface area contributed by atoms with Crippen molar-refractivity contribution in [1.82, 2.24) is 4.57 Å². The second kappa shape index (κ2) is 6.03. The molecule has 0 amide bonds. The van der Waals surface area contributed by atoms with E-state index >= 15 is 0 Å². The van der Waals surface area contributed by atoms with Crippen LogP contribution in [-0.2, 0) is 0 Å². The Morgan fingerprint density at radius 3 is 2.33 bits per heavy atom. The van der Waals surface area contributed by atoms with Crippen molar-refractivity contribution in [3.05, 3.63) is 79.2 Å². The van der Waals surface area contributed by atoms with Gasteiger partial charge in [0.05, 0.1) is 12.1 Å². The second-order valence-corrected chi connectivity index (χ2v) is 4.12. The monoisotopic (exact) mass is 239 g/mol. The predicted octanol–water partition coefficient (Wildman–Crippen LogP) is 3.29. The van der Waals surface area contributed by atoms with Crippen molar-refractivity contribution in [3.8, 4) is 0 Å². The summed E-state index contributed by atoms with van der Waals surface area (Å²) in [4.78, 5) is 0. The molecule has 1 aromatic carbocycles. The predicted molar refractivity (Wildman–Crippen MR) is 75.1 cm³/mol. The smallest absolute Gasteiger partial charge is 0.0966 e. The number of aliphatic hydroxyl groups is 1. The third-order valence-corrected chi connectivity index (χ3v) is 2.85. The van der Waals surface area contributed by atoms with E-state index in [0.717, 1.165) is 5.56 Å². The van der Waals surface area contributed by atoms with Crippen molar-refractivity contribution in [3.63, 3.8) is 0 Å². The van der Waals surface area contributed by atoms with Crippen LogP contribution in [0.15, 0.2) is 73.6 Å². The van der Waals surface area contributed by atoms with Gasteiger partial charge in [-0.05, 0) is 17.7 Å². The van der Waals surface area contributed by atoms with E-state index in [1.165, 1.54) is 0 Å². The van der Waals surface area contributed by atoms with Crippen LogP contribution >= 0.6 is 0 Å². The van der Waals surface area contributed by atoms with Crippen molar-refractivity contribution in [1.29, 1.82) is 0 Å². The Balaban J connectivity index is 2.09. The van der Waals surface area contributed by atoms with E-state index in [0.29, 0.717) is 0 Å². The van der Waals surface area contributed by atoms with Gasteiger partial charge in [-0.25, -0.2) is 0 Å². The number of rotatable bonds is 5. The molecule has 0 aliphatic carbocycles. The van der Waals surface area contributed by atoms with Gasteiger partial charge in [0.2, 0.25) is 0 Å². The Morgan fingerprint density at radius 2 is 1.72 bits per heavy atom. The van der Waals surface area contributed by atoms with Crippen LogP contribution in [0.5, 0.6) is 0 Å². The van der Waals surface area contributed by atoms with Crippen LogP contribution in [-0.4, -0.2) is 15.8 Å². The number of hydrogen-bond donors (Lipinski definition) is 1. The molecule has 0 saturated heterocycles. The molecule has 0 fully saturated rings. The first kappa shape index (κ1) is 12.4. The molecule has 1 aromatic heterocycles. The summed E-state index contributed by atoms with van der Waals surface area (Å²) in [6, 6.07) is 13.7. The van der Waals surface area contributed by atoms with E-state index in [1.807, 2.05) is 65.5 Å². The number of aliphatic hydroxyl groups excluding tert-OH is 1. The maximum absolute atomic E-state index is 10.2. The average molecular weight is 239 g/mol. The van der Waals surface area contributed by atoms with Crippen molar-refractivity contribution in [2.24, 2.45) is 0 Å². The fraction of sp³-hybridized carbons (Fsp3) is 0.125. The van der Waals surface area contributed by atoms with Gasteiger partial charge in [0, 0.05) is 12.4 Å². The molecule has 92 valence electrons. The van der Waals surface area contributed by atoms with Crippen molar-refractivity contribution in [2.45, 2.75) is 12.1 Å². The lowest BCUT2D eigenvalue weighted by Crippen LogP contribution is -2.19. The van der Waals surface area contributed by atoms with Crippen LogP contribution in [0.1, 0.15) is 11.6 Å². The topological polar surface area (TPSA) is 25.2 Å². The van der Waals surface area contributed by atoms with Gasteiger partial charge < -0.3 is 9.67 Å². The lowest BCUT2D eigenvalue weighted by atomic mass is 10.1. The molecule has 2 heteroatoms. The highest BCUT2D eigenvalue weighted by Gasteiger charge is 2.13. The molecule has 0 radical (unpaired) electrons. The molecule has 1 heterocycles. The first-order valence-electron chi connectivity index (χ1n) is 5.97. The van der Waals surface area contributed by atoms with Gasteiger partial charge in [-0.15, -0.1) is 6.58 Å². The van der Waals surface area contributed by atoms with Gasteiger partial charge >= 0.3 is 0 Å². The Morgan fingerprint density at radius 1 is 1.06 bits per heavy atom. The Labute approximate surface area is 108 Å². The van der Waals surface area contributed by atoms with Gasteiger partial charge in [-0.3, -0.25) is 0 Å². The summed E-state index contributed by atoms with van der Waals surface area (Å²) >= 11 is 0. The molecule has 0 unspecified atom stereocenters. The van der Waals surface area contributed by atoms with Crippen LogP contribution in [0.4, 0.5) is 0 Å². The summed E-state index contributed by atoms with van der Waals surface area (Å²) in [5.74, 6) is 0. The highest BCUT2D eigenvalue weighted by Crippen LogP contribution is 2.15. The van der Waals surface area contributed by atoms with E-state index in [9.17, 15) is 5.11 Å². The van der Waals surface area contributed by atoms with Crippen molar-refractivity contribution >= 4 is 6.08 Å². The number of aromatic nitrogens is 1. The Hall–Kier alpha value is -2.06. The minimum atomic E-state index is -0.588. The van der Waals surface area contributed by atoms with Gasteiger partial charge in [0.25, 0.3) is 0 Å². The average Bonchev–Trinajstić information content (AvgIpc) is 2.92. The summed E-state index contributed by atoms with van der Waals surface area (Å²) in [7, 11) is 0. The van der Waals surface area contributed by atoms with Crippen LogP contribution < -0.4 is 0 Å². The molecule has 0 aliphatic heterocycles. The first-order valence-corrected chi connectivity index (χ1v) is 5.97. The van der Waals surface area contributed by atoms with E-state index in [2.05, 4.69) is 6.58 Å². The highest BCUT2D eigenvalue weighted by atomic mass is 16.3. The standard InChI is InChI=1S/C16H17NO/c1-2-15(17-12-6-7-13-17)16(18)11-10-14-8-4-3-5-9-14/h2-13,15-16,18H,1H2/b11-10+/t15-,16+/m0/s1. The lowest BCUT2D eigenvalue weighted by molar-refractivity contribution is 0.180. The minimum absolute atomic E-state index is 0.139. The van der Waals surface area contributed by atoms with Crippen LogP contribution in [0.2, 0.25) is 0 Å². The van der Waals surface area contributed by atoms with Crippen LogP contribution in [0.25, 0.3) is 6.08 Å². The largest absolute Gasteiger partial charge is 0.387 e. The van der Waals surface area contributed by atoms with E-state index in [1.54, 1.807) is 12.2 Å². The molecule has 1 N–H and O–H groups in total. The summed E-state index contributed by atoms with van der Waals surface area (Å²) in [5.41, 5.74) is 1.08. The summed E-state index contributed by atoms with van der Waals surface area (Å²) < 4.78 is 1.94. The quantitative estimate of drug-likeness (QED) is 0.796. The molecule has 2 nitrogen and oxygen atoms in total. The third-order valence-electron chi connectivity index (χ3n) is 2.85. The Bertz CT molecular complexity index is 499. The van der Waals surface area contributed by atoms with Crippen LogP contribution in [0.3, 0.4) is 0 Å². The summed E-state index contributed by atoms with van der Waals surface area (Å²) in [6.07, 6.45) is 8.72. The molecule has 0 bridgehead atoms. The molecular formula is C16H17NO. The van der Waals surface area contributed by atoms with E-state index in [-0.39, 0.29) is 6.04 Å². The van der Waals surface area contributed by atoms with Crippen molar-refractivity contribution in [2.75, 3.05) is 0 Å². The van der Waals surface area contributed by atoms with Gasteiger partial charge in [-0.2, -0.15) is 0 Å². The fourth-order valence-corrected chi connectivity index (χ4v) is 1.87. The number of benzene rings is 1. The number of hydrogen-bond acceptors (Lipinski definition) is 1. The van der Waals surface area contributed by atoms with Gasteiger partial charge in [0.1, 0.15) is 0 Å². The highest BCUT2D eigenvalue weighted by molar-refractivity contribution is 5.49. The zero-order valence-corrected chi connectivity index (χ0v) is 10.2. The SMILES string of the molecule is C=C[C@@H]([C@H](O)/C=C/c1ccccc1)n1cccc1. The number of nitrogens with zero attached hydrogens (tertiary/aromatic N) is 1. The fourth-order valence-electron chi connectivity index (χ4n) is 1.87. The molecule has 2 rings (SSSR count). The molecule has 0 aliphatic rings. The normalized spacial score (nSPS) is 14.5. The molecule has 2 atom stereocenters.